The highest BCUT2D eigenvalue weighted by molar-refractivity contribution is 5.68. The fraction of sp³-hybridized carbons (Fsp3) is 0.500. The predicted molar refractivity (Wildman–Crippen MR) is 87.9 cm³/mol. The molecule has 1 N–H and O–H groups in total. The van der Waals surface area contributed by atoms with Gasteiger partial charge in [0.1, 0.15) is 17.8 Å². The molecular formula is C18H25NO4. The van der Waals surface area contributed by atoms with Crippen LogP contribution in [0.3, 0.4) is 0 Å². The molecule has 3 atom stereocenters. The predicted octanol–water partition coefficient (Wildman–Crippen LogP) is 3.40. The Morgan fingerprint density at radius 1 is 1.26 bits per heavy atom. The fourth-order valence-corrected chi connectivity index (χ4v) is 2.29. The van der Waals surface area contributed by atoms with Gasteiger partial charge in [0.25, 0.3) is 0 Å². The van der Waals surface area contributed by atoms with Crippen molar-refractivity contribution in [3.05, 3.63) is 48.2 Å². The van der Waals surface area contributed by atoms with Crippen LogP contribution in [0.4, 0.5) is 4.79 Å². The lowest BCUT2D eigenvalue weighted by Crippen LogP contribution is -2.53. The Morgan fingerprint density at radius 2 is 1.96 bits per heavy atom. The van der Waals surface area contributed by atoms with E-state index in [0.29, 0.717) is 6.61 Å². The van der Waals surface area contributed by atoms with Gasteiger partial charge in [-0.2, -0.15) is 0 Å². The first-order valence-corrected chi connectivity index (χ1v) is 7.82. The first kappa shape index (κ1) is 17.3. The van der Waals surface area contributed by atoms with Crippen molar-refractivity contribution in [1.29, 1.82) is 0 Å². The Bertz CT molecular complexity index is 536. The highest BCUT2D eigenvalue weighted by Gasteiger charge is 2.32. The van der Waals surface area contributed by atoms with Gasteiger partial charge >= 0.3 is 6.09 Å². The number of alkyl carbamates (subject to hydrolysis) is 1. The normalized spacial score (nSPS) is 23.9. The zero-order valence-electron chi connectivity index (χ0n) is 14.1. The summed E-state index contributed by atoms with van der Waals surface area (Å²) in [7, 11) is 0. The molecule has 5 heteroatoms. The van der Waals surface area contributed by atoms with Crippen LogP contribution in [0, 0.1) is 0 Å². The summed E-state index contributed by atoms with van der Waals surface area (Å²) in [6.45, 7) is 7.85. The van der Waals surface area contributed by atoms with E-state index in [2.05, 4.69) is 5.32 Å². The molecule has 0 saturated heterocycles. The molecule has 23 heavy (non-hydrogen) atoms. The number of rotatable bonds is 4. The molecule has 0 aromatic heterocycles. The minimum Gasteiger partial charge on any atom is -0.496 e. The highest BCUT2D eigenvalue weighted by Crippen LogP contribution is 2.18. The Balaban J connectivity index is 1.97. The van der Waals surface area contributed by atoms with E-state index >= 15 is 0 Å². The van der Waals surface area contributed by atoms with Crippen LogP contribution in [-0.4, -0.2) is 29.9 Å². The van der Waals surface area contributed by atoms with Gasteiger partial charge in [-0.05, 0) is 39.3 Å². The van der Waals surface area contributed by atoms with Crippen LogP contribution in [0.2, 0.25) is 0 Å². The molecule has 0 fully saturated rings. The quantitative estimate of drug-likeness (QED) is 0.924. The molecule has 1 aliphatic heterocycles. The molecule has 0 radical (unpaired) electrons. The summed E-state index contributed by atoms with van der Waals surface area (Å²) in [5, 5.41) is 2.85. The second-order valence-corrected chi connectivity index (χ2v) is 6.60. The smallest absolute Gasteiger partial charge is 0.408 e. The largest absolute Gasteiger partial charge is 0.496 e. The Labute approximate surface area is 137 Å². The minimum absolute atomic E-state index is 0.201. The Hall–Kier alpha value is -2.01. The molecule has 1 aromatic rings. The first-order valence-electron chi connectivity index (χ1n) is 7.82. The number of carbonyl (C=O) groups is 1. The molecule has 3 unspecified atom stereocenters. The third-order valence-corrected chi connectivity index (χ3v) is 3.39. The molecule has 0 spiro atoms. The van der Waals surface area contributed by atoms with E-state index in [0.717, 1.165) is 5.56 Å². The van der Waals surface area contributed by atoms with Gasteiger partial charge in [-0.1, -0.05) is 30.3 Å². The zero-order valence-corrected chi connectivity index (χ0v) is 14.1. The topological polar surface area (TPSA) is 56.8 Å². The van der Waals surface area contributed by atoms with Gasteiger partial charge in [0.2, 0.25) is 0 Å². The average molecular weight is 319 g/mol. The summed E-state index contributed by atoms with van der Waals surface area (Å²) in [5.74, 6) is 0. The molecule has 5 nitrogen and oxygen atoms in total. The highest BCUT2D eigenvalue weighted by atomic mass is 16.6. The van der Waals surface area contributed by atoms with Crippen LogP contribution >= 0.6 is 0 Å². The van der Waals surface area contributed by atoms with Crippen molar-refractivity contribution < 1.29 is 19.0 Å². The van der Waals surface area contributed by atoms with E-state index < -0.39 is 11.7 Å². The molecule has 1 aromatic carbocycles. The van der Waals surface area contributed by atoms with Gasteiger partial charge in [0, 0.05) is 0 Å². The maximum atomic E-state index is 12.0. The number of nitrogens with one attached hydrogen (secondary N) is 1. The molecule has 126 valence electrons. The number of hydrogen-bond donors (Lipinski definition) is 1. The lowest BCUT2D eigenvalue weighted by atomic mass is 10.0. The van der Waals surface area contributed by atoms with E-state index in [4.69, 9.17) is 14.2 Å². The van der Waals surface area contributed by atoms with Crippen LogP contribution in [0.1, 0.15) is 33.3 Å². The maximum Gasteiger partial charge on any atom is 0.408 e. The second-order valence-electron chi connectivity index (χ2n) is 6.60. The van der Waals surface area contributed by atoms with Crippen LogP contribution in [-0.2, 0) is 20.8 Å². The Kier molecular flexibility index (Phi) is 5.66. The number of hydrogen-bond acceptors (Lipinski definition) is 4. The van der Waals surface area contributed by atoms with Crippen molar-refractivity contribution in [3.8, 4) is 0 Å². The molecule has 2 rings (SSSR count). The van der Waals surface area contributed by atoms with E-state index in [1.54, 1.807) is 6.26 Å². The molecule has 0 aliphatic carbocycles. The monoisotopic (exact) mass is 319 g/mol. The third kappa shape index (κ3) is 5.60. The lowest BCUT2D eigenvalue weighted by molar-refractivity contribution is -0.0215. The molecule has 1 amide bonds. The summed E-state index contributed by atoms with van der Waals surface area (Å²) in [4.78, 5) is 12.0. The standard InChI is InChI=1S/C18H25NO4/c1-13-16(19-17(20)23-18(2,3)4)15(10-11-21-13)22-12-14-8-6-5-7-9-14/h5-11,13,15-16H,12H2,1-4H3,(H,19,20). The van der Waals surface area contributed by atoms with E-state index in [1.807, 2.05) is 64.1 Å². The van der Waals surface area contributed by atoms with Crippen LogP contribution < -0.4 is 5.32 Å². The van der Waals surface area contributed by atoms with Gasteiger partial charge in [-0.3, -0.25) is 0 Å². The van der Waals surface area contributed by atoms with Gasteiger partial charge in [-0.15, -0.1) is 0 Å². The SMILES string of the molecule is CC1OC=CC(OCc2ccccc2)C1NC(=O)OC(C)(C)C. The van der Waals surface area contributed by atoms with Crippen molar-refractivity contribution in [2.24, 2.45) is 0 Å². The minimum atomic E-state index is -0.543. The van der Waals surface area contributed by atoms with Crippen molar-refractivity contribution in [1.82, 2.24) is 5.32 Å². The summed E-state index contributed by atoms with van der Waals surface area (Å²) in [5.41, 5.74) is 0.537. The summed E-state index contributed by atoms with van der Waals surface area (Å²) in [6.07, 6.45) is 2.49. The maximum absolute atomic E-state index is 12.0. The van der Waals surface area contributed by atoms with Gasteiger partial charge in [0.05, 0.1) is 18.9 Å². The summed E-state index contributed by atoms with van der Waals surface area (Å²) < 4.78 is 16.7. The third-order valence-electron chi connectivity index (χ3n) is 3.39. The molecule has 1 aliphatic rings. The number of ether oxygens (including phenoxy) is 3. The summed E-state index contributed by atoms with van der Waals surface area (Å²) >= 11 is 0. The van der Waals surface area contributed by atoms with Crippen LogP contribution in [0.5, 0.6) is 0 Å². The van der Waals surface area contributed by atoms with Gasteiger partial charge < -0.3 is 19.5 Å². The van der Waals surface area contributed by atoms with E-state index in [1.165, 1.54) is 0 Å². The van der Waals surface area contributed by atoms with Crippen molar-refractivity contribution >= 4 is 6.09 Å². The average Bonchev–Trinajstić information content (AvgIpc) is 2.47. The van der Waals surface area contributed by atoms with E-state index in [9.17, 15) is 4.79 Å². The van der Waals surface area contributed by atoms with E-state index in [-0.39, 0.29) is 18.2 Å². The number of amides is 1. The molecular weight excluding hydrogens is 294 g/mol. The Morgan fingerprint density at radius 3 is 2.61 bits per heavy atom. The van der Waals surface area contributed by atoms with Crippen molar-refractivity contribution in [3.63, 3.8) is 0 Å². The lowest BCUT2D eigenvalue weighted by Gasteiger charge is -2.34. The zero-order chi connectivity index (χ0) is 16.9. The summed E-state index contributed by atoms with van der Waals surface area (Å²) in [6, 6.07) is 9.60. The van der Waals surface area contributed by atoms with Crippen molar-refractivity contribution in [2.45, 2.75) is 58.2 Å². The van der Waals surface area contributed by atoms with Crippen LogP contribution in [0.25, 0.3) is 0 Å². The van der Waals surface area contributed by atoms with Crippen LogP contribution in [0.15, 0.2) is 42.7 Å². The number of carbonyl (C=O) groups excluding carboxylic acids is 1. The van der Waals surface area contributed by atoms with Crippen molar-refractivity contribution in [2.75, 3.05) is 0 Å². The van der Waals surface area contributed by atoms with Gasteiger partial charge in [0.15, 0.2) is 0 Å². The number of benzene rings is 1. The molecule has 0 saturated carbocycles. The first-order chi connectivity index (χ1) is 10.8. The fourth-order valence-electron chi connectivity index (χ4n) is 2.29. The molecule has 0 bridgehead atoms. The second kappa shape index (κ2) is 7.51. The molecule has 1 heterocycles. The van der Waals surface area contributed by atoms with Gasteiger partial charge in [-0.25, -0.2) is 4.79 Å².